The summed E-state index contributed by atoms with van der Waals surface area (Å²) in [5, 5.41) is 31.8. The Morgan fingerprint density at radius 1 is 1.20 bits per heavy atom. The van der Waals surface area contributed by atoms with Crippen LogP contribution < -0.4 is 0 Å². The zero-order chi connectivity index (χ0) is 17.8. The summed E-state index contributed by atoms with van der Waals surface area (Å²) in [7, 11) is 0. The Balaban J connectivity index is 1.90. The number of rotatable bonds is 4. The number of nitro groups is 1. The van der Waals surface area contributed by atoms with Crippen LogP contribution in [0.15, 0.2) is 53.9 Å². The van der Waals surface area contributed by atoms with Crippen LogP contribution in [-0.4, -0.2) is 15.0 Å². The maximum Gasteiger partial charge on any atom is 0.269 e. The molecule has 1 aromatic heterocycles. The molecule has 122 valence electrons. The Morgan fingerprint density at radius 3 is 2.48 bits per heavy atom. The maximum atomic E-state index is 10.7. The van der Waals surface area contributed by atoms with Gasteiger partial charge in [0.15, 0.2) is 0 Å². The highest BCUT2D eigenvalue weighted by Gasteiger charge is 2.11. The fourth-order valence-corrected chi connectivity index (χ4v) is 2.96. The van der Waals surface area contributed by atoms with Gasteiger partial charge in [-0.15, -0.1) is 11.3 Å². The summed E-state index contributed by atoms with van der Waals surface area (Å²) < 4.78 is 0. The quantitative estimate of drug-likeness (QED) is 0.425. The van der Waals surface area contributed by atoms with Crippen LogP contribution in [0, 0.1) is 21.4 Å². The molecular weight excluding hydrogens is 338 g/mol. The zero-order valence-electron chi connectivity index (χ0n) is 12.8. The first kappa shape index (κ1) is 16.4. The third-order valence-corrected chi connectivity index (χ3v) is 4.31. The van der Waals surface area contributed by atoms with Gasteiger partial charge in [0, 0.05) is 23.1 Å². The number of hydrogen-bond acceptors (Lipinski definition) is 6. The lowest BCUT2D eigenvalue weighted by molar-refractivity contribution is -0.384. The van der Waals surface area contributed by atoms with Gasteiger partial charge in [0.05, 0.1) is 16.2 Å². The molecule has 0 saturated carbocycles. The summed E-state index contributed by atoms with van der Waals surface area (Å²) >= 11 is 1.32. The number of thiazole rings is 1. The molecule has 0 aliphatic rings. The van der Waals surface area contributed by atoms with Crippen molar-refractivity contribution >= 4 is 28.7 Å². The number of allylic oxidation sites excluding steroid dienone is 1. The van der Waals surface area contributed by atoms with Crippen molar-refractivity contribution in [2.45, 2.75) is 0 Å². The zero-order valence-corrected chi connectivity index (χ0v) is 13.6. The van der Waals surface area contributed by atoms with Crippen molar-refractivity contribution in [3.63, 3.8) is 0 Å². The topological polar surface area (TPSA) is 100 Å². The summed E-state index contributed by atoms with van der Waals surface area (Å²) in [6.07, 6.45) is 1.69. The average molecular weight is 349 g/mol. The molecule has 1 N–H and O–H groups in total. The van der Waals surface area contributed by atoms with Gasteiger partial charge in [0.1, 0.15) is 16.8 Å². The highest BCUT2D eigenvalue weighted by Crippen LogP contribution is 2.28. The summed E-state index contributed by atoms with van der Waals surface area (Å²) in [4.78, 5) is 14.7. The van der Waals surface area contributed by atoms with Crippen LogP contribution in [0.3, 0.4) is 0 Å². The van der Waals surface area contributed by atoms with Gasteiger partial charge in [0.2, 0.25) is 0 Å². The van der Waals surface area contributed by atoms with E-state index in [1.54, 1.807) is 47.9 Å². The van der Waals surface area contributed by atoms with E-state index in [4.69, 9.17) is 0 Å². The Morgan fingerprint density at radius 2 is 1.88 bits per heavy atom. The number of phenols is 1. The summed E-state index contributed by atoms with van der Waals surface area (Å²) in [5.41, 5.74) is 2.60. The average Bonchev–Trinajstić information content (AvgIpc) is 3.11. The highest BCUT2D eigenvalue weighted by atomic mass is 32.1. The Labute approximate surface area is 147 Å². The van der Waals surface area contributed by atoms with E-state index in [-0.39, 0.29) is 11.4 Å². The molecule has 0 aliphatic carbocycles. The van der Waals surface area contributed by atoms with Crippen LogP contribution in [0.2, 0.25) is 0 Å². The molecule has 25 heavy (non-hydrogen) atoms. The standard InChI is InChI=1S/C18H11N3O3S/c19-10-14(9-12-1-7-16(22)8-2-12)18-20-17(11-25-18)13-3-5-15(6-4-13)21(23)24/h1-9,11,22H/b14-9+. The molecular formula is C18H11N3O3S. The second kappa shape index (κ2) is 6.95. The van der Waals surface area contributed by atoms with E-state index in [9.17, 15) is 20.5 Å². The molecule has 0 fully saturated rings. The second-order valence-corrected chi connectivity index (χ2v) is 5.96. The van der Waals surface area contributed by atoms with Crippen molar-refractivity contribution in [1.82, 2.24) is 4.98 Å². The lowest BCUT2D eigenvalue weighted by Gasteiger charge is -1.97. The molecule has 0 saturated heterocycles. The lowest BCUT2D eigenvalue weighted by Crippen LogP contribution is -1.87. The van der Waals surface area contributed by atoms with Gasteiger partial charge in [-0.2, -0.15) is 5.26 Å². The number of nitriles is 1. The number of nitrogens with zero attached hydrogens (tertiary/aromatic N) is 3. The Bertz CT molecular complexity index is 984. The molecule has 3 rings (SSSR count). The molecule has 7 heteroatoms. The van der Waals surface area contributed by atoms with Gasteiger partial charge in [-0.05, 0) is 35.9 Å². The van der Waals surface area contributed by atoms with Crippen molar-refractivity contribution in [2.24, 2.45) is 0 Å². The van der Waals surface area contributed by atoms with Crippen LogP contribution in [-0.2, 0) is 0 Å². The van der Waals surface area contributed by atoms with Crippen molar-refractivity contribution in [1.29, 1.82) is 5.26 Å². The molecule has 0 amide bonds. The molecule has 0 aliphatic heterocycles. The molecule has 2 aromatic carbocycles. The molecule has 6 nitrogen and oxygen atoms in total. The SMILES string of the molecule is N#C/C(=C\c1ccc(O)cc1)c1nc(-c2ccc([N+](=O)[O-])cc2)cs1. The number of aromatic hydroxyl groups is 1. The molecule has 0 bridgehead atoms. The molecule has 0 spiro atoms. The van der Waals surface area contributed by atoms with Crippen LogP contribution in [0.4, 0.5) is 5.69 Å². The summed E-state index contributed by atoms with van der Waals surface area (Å²) in [6, 6.07) is 14.7. The fraction of sp³-hybridized carbons (Fsp3) is 0. The van der Waals surface area contributed by atoms with Crippen molar-refractivity contribution in [3.8, 4) is 23.1 Å². The van der Waals surface area contributed by atoms with E-state index >= 15 is 0 Å². The van der Waals surface area contributed by atoms with E-state index in [0.29, 0.717) is 16.3 Å². The smallest absolute Gasteiger partial charge is 0.269 e. The van der Waals surface area contributed by atoms with Gasteiger partial charge >= 0.3 is 0 Å². The maximum absolute atomic E-state index is 10.7. The third kappa shape index (κ3) is 3.71. The number of benzene rings is 2. The van der Waals surface area contributed by atoms with Gasteiger partial charge in [-0.1, -0.05) is 12.1 Å². The van der Waals surface area contributed by atoms with E-state index in [0.717, 1.165) is 11.1 Å². The second-order valence-electron chi connectivity index (χ2n) is 5.10. The first-order chi connectivity index (χ1) is 12.1. The van der Waals surface area contributed by atoms with Crippen LogP contribution in [0.5, 0.6) is 5.75 Å². The monoisotopic (exact) mass is 349 g/mol. The normalized spacial score (nSPS) is 11.1. The van der Waals surface area contributed by atoms with Crippen molar-refractivity contribution in [2.75, 3.05) is 0 Å². The van der Waals surface area contributed by atoms with E-state index < -0.39 is 4.92 Å². The number of phenolic OH excluding ortho intramolecular Hbond substituents is 1. The fourth-order valence-electron chi connectivity index (χ4n) is 2.16. The minimum Gasteiger partial charge on any atom is -0.508 e. The van der Waals surface area contributed by atoms with Gasteiger partial charge < -0.3 is 5.11 Å². The number of hydrogen-bond donors (Lipinski definition) is 1. The first-order valence-electron chi connectivity index (χ1n) is 7.18. The molecule has 0 atom stereocenters. The van der Waals surface area contributed by atoms with Crippen LogP contribution >= 0.6 is 11.3 Å². The van der Waals surface area contributed by atoms with Gasteiger partial charge in [-0.25, -0.2) is 4.98 Å². The molecule has 0 radical (unpaired) electrons. The predicted molar refractivity (Wildman–Crippen MR) is 95.8 cm³/mol. The molecule has 0 unspecified atom stereocenters. The third-order valence-electron chi connectivity index (χ3n) is 3.43. The minimum absolute atomic E-state index is 0.0177. The largest absolute Gasteiger partial charge is 0.508 e. The van der Waals surface area contributed by atoms with Gasteiger partial charge in [-0.3, -0.25) is 10.1 Å². The lowest BCUT2D eigenvalue weighted by atomic mass is 10.1. The van der Waals surface area contributed by atoms with Gasteiger partial charge in [0.25, 0.3) is 5.69 Å². The Kier molecular flexibility index (Phi) is 4.55. The summed E-state index contributed by atoms with van der Waals surface area (Å²) in [5.74, 6) is 0.158. The van der Waals surface area contributed by atoms with E-state index in [1.165, 1.54) is 23.5 Å². The van der Waals surface area contributed by atoms with Crippen molar-refractivity contribution in [3.05, 3.63) is 74.6 Å². The van der Waals surface area contributed by atoms with Crippen LogP contribution in [0.1, 0.15) is 10.6 Å². The van der Waals surface area contributed by atoms with E-state index in [1.807, 2.05) is 0 Å². The Hall–Kier alpha value is -3.50. The number of aromatic nitrogens is 1. The highest BCUT2D eigenvalue weighted by molar-refractivity contribution is 7.11. The molecule has 1 heterocycles. The first-order valence-corrected chi connectivity index (χ1v) is 8.06. The van der Waals surface area contributed by atoms with Crippen molar-refractivity contribution < 1.29 is 10.0 Å². The summed E-state index contributed by atoms with van der Waals surface area (Å²) in [6.45, 7) is 0. The molecule has 3 aromatic rings. The minimum atomic E-state index is -0.454. The predicted octanol–water partition coefficient (Wildman–Crippen LogP) is 4.49. The number of non-ortho nitro benzene ring substituents is 1. The van der Waals surface area contributed by atoms with E-state index in [2.05, 4.69) is 11.1 Å². The van der Waals surface area contributed by atoms with Crippen LogP contribution in [0.25, 0.3) is 22.9 Å². The number of nitro benzene ring substituents is 1.